The van der Waals surface area contributed by atoms with Gasteiger partial charge < -0.3 is 9.55 Å². The van der Waals surface area contributed by atoms with Gasteiger partial charge in [0.25, 0.3) is 0 Å². The molecule has 2 rings (SSSR count). The number of hydrogen-bond acceptors (Lipinski definition) is 4. The van der Waals surface area contributed by atoms with Crippen LogP contribution in [0, 0.1) is 0 Å². The molecule has 0 aliphatic heterocycles. The van der Waals surface area contributed by atoms with Crippen LogP contribution >= 0.6 is 22.7 Å². The Morgan fingerprint density at radius 1 is 1.12 bits per heavy atom. The van der Waals surface area contributed by atoms with E-state index in [0.29, 0.717) is 0 Å². The van der Waals surface area contributed by atoms with E-state index in [1.807, 2.05) is 0 Å². The maximum Gasteiger partial charge on any atom is 0.382 e. The minimum absolute atomic E-state index is 0.106. The van der Waals surface area contributed by atoms with Crippen LogP contribution in [0.3, 0.4) is 0 Å². The van der Waals surface area contributed by atoms with Crippen molar-refractivity contribution in [1.29, 1.82) is 0 Å². The van der Waals surface area contributed by atoms with Crippen molar-refractivity contribution >= 4 is 39.1 Å². The molecule has 0 aliphatic carbocycles. The van der Waals surface area contributed by atoms with E-state index in [2.05, 4.69) is 54.0 Å². The predicted molar refractivity (Wildman–Crippen MR) is 78.2 cm³/mol. The monoisotopic (exact) mass is 265 g/mol. The second kappa shape index (κ2) is 6.35. The summed E-state index contributed by atoms with van der Waals surface area (Å²) in [4.78, 5) is 2.14. The van der Waals surface area contributed by atoms with E-state index < -0.39 is 0 Å². The molecule has 2 aromatic rings. The zero-order chi connectivity index (χ0) is 12.1. The standard InChI is InChI=1S/C12H16BNOS2/c1-14(2)7-8-15-13(11-5-3-9-16-11)12-6-4-10-17-12/h3-6,9-10H,7-8H2,1-2H3. The minimum atomic E-state index is 0.106. The summed E-state index contributed by atoms with van der Waals surface area (Å²) in [5.41, 5.74) is 0. The van der Waals surface area contributed by atoms with Crippen molar-refractivity contribution in [2.24, 2.45) is 0 Å². The molecule has 0 N–H and O–H groups in total. The van der Waals surface area contributed by atoms with E-state index in [4.69, 9.17) is 4.65 Å². The lowest BCUT2D eigenvalue weighted by molar-refractivity contribution is 0.270. The van der Waals surface area contributed by atoms with Gasteiger partial charge in [-0.3, -0.25) is 0 Å². The van der Waals surface area contributed by atoms with Gasteiger partial charge in [0, 0.05) is 22.7 Å². The Bertz CT molecular complexity index is 379. The van der Waals surface area contributed by atoms with Crippen LogP contribution in [0.2, 0.25) is 0 Å². The smallest absolute Gasteiger partial charge is 0.382 e. The first kappa shape index (κ1) is 12.8. The highest BCUT2D eigenvalue weighted by atomic mass is 32.1. The molecule has 0 fully saturated rings. The van der Waals surface area contributed by atoms with Gasteiger partial charge in [-0.15, -0.1) is 0 Å². The molecular weight excluding hydrogens is 249 g/mol. The highest BCUT2D eigenvalue weighted by molar-refractivity contribution is 7.29. The molecule has 0 amide bonds. The largest absolute Gasteiger partial charge is 0.425 e. The first-order valence-corrected chi connectivity index (χ1v) is 7.36. The summed E-state index contributed by atoms with van der Waals surface area (Å²) >= 11 is 3.51. The Labute approximate surface area is 111 Å². The SMILES string of the molecule is CN(C)CCOB(c1cccs1)c1cccs1. The summed E-state index contributed by atoms with van der Waals surface area (Å²) < 4.78 is 8.59. The van der Waals surface area contributed by atoms with Crippen LogP contribution in [-0.2, 0) is 4.65 Å². The Balaban J connectivity index is 2.04. The summed E-state index contributed by atoms with van der Waals surface area (Å²) in [6, 6.07) is 8.45. The third-order valence-corrected chi connectivity index (χ3v) is 4.26. The Morgan fingerprint density at radius 2 is 1.71 bits per heavy atom. The van der Waals surface area contributed by atoms with Gasteiger partial charge in [0.1, 0.15) is 0 Å². The summed E-state index contributed by atoms with van der Waals surface area (Å²) in [6.45, 7) is 1.82. The summed E-state index contributed by atoms with van der Waals surface area (Å²) in [6.07, 6.45) is 0. The van der Waals surface area contributed by atoms with E-state index in [1.165, 1.54) is 9.55 Å². The Kier molecular flexibility index (Phi) is 4.80. The lowest BCUT2D eigenvalue weighted by Gasteiger charge is -2.14. The van der Waals surface area contributed by atoms with Gasteiger partial charge in [0.2, 0.25) is 0 Å². The molecule has 0 aliphatic rings. The van der Waals surface area contributed by atoms with Crippen molar-refractivity contribution in [3.63, 3.8) is 0 Å². The molecule has 2 nitrogen and oxygen atoms in total. The average Bonchev–Trinajstić information content (AvgIpc) is 2.97. The van der Waals surface area contributed by atoms with Gasteiger partial charge in [0.05, 0.1) is 0 Å². The lowest BCUT2D eigenvalue weighted by Crippen LogP contribution is -2.43. The van der Waals surface area contributed by atoms with E-state index in [1.54, 1.807) is 22.7 Å². The fourth-order valence-corrected chi connectivity index (χ4v) is 3.19. The molecule has 0 spiro atoms. The number of likely N-dealkylation sites (N-methyl/N-ethyl adjacent to an activating group) is 1. The van der Waals surface area contributed by atoms with Crippen LogP contribution in [0.15, 0.2) is 35.0 Å². The van der Waals surface area contributed by atoms with Gasteiger partial charge >= 0.3 is 6.92 Å². The first-order valence-electron chi connectivity index (χ1n) is 5.60. The fraction of sp³-hybridized carbons (Fsp3) is 0.333. The molecule has 0 unspecified atom stereocenters. The van der Waals surface area contributed by atoms with Crippen molar-refractivity contribution in [1.82, 2.24) is 4.90 Å². The van der Waals surface area contributed by atoms with Crippen LogP contribution in [-0.4, -0.2) is 39.1 Å². The molecule has 2 aromatic heterocycles. The van der Waals surface area contributed by atoms with Gasteiger partial charge in [0.15, 0.2) is 0 Å². The second-order valence-corrected chi connectivity index (χ2v) is 6.04. The summed E-state index contributed by atoms with van der Waals surface area (Å²) in [5, 5.41) is 4.20. The topological polar surface area (TPSA) is 12.5 Å². The third-order valence-electron chi connectivity index (χ3n) is 2.43. The molecule has 0 aromatic carbocycles. The van der Waals surface area contributed by atoms with E-state index in [-0.39, 0.29) is 6.92 Å². The van der Waals surface area contributed by atoms with Crippen molar-refractivity contribution in [2.75, 3.05) is 27.2 Å². The number of thiophene rings is 2. The molecule has 0 bridgehead atoms. The maximum atomic E-state index is 6.02. The van der Waals surface area contributed by atoms with Crippen LogP contribution in [0.1, 0.15) is 0 Å². The van der Waals surface area contributed by atoms with Crippen LogP contribution in [0.5, 0.6) is 0 Å². The van der Waals surface area contributed by atoms with Gasteiger partial charge in [-0.2, -0.15) is 22.7 Å². The molecule has 0 radical (unpaired) electrons. The van der Waals surface area contributed by atoms with Crippen LogP contribution in [0.25, 0.3) is 0 Å². The van der Waals surface area contributed by atoms with E-state index >= 15 is 0 Å². The van der Waals surface area contributed by atoms with Crippen molar-refractivity contribution in [3.8, 4) is 0 Å². The lowest BCUT2D eigenvalue weighted by atomic mass is 9.65. The fourth-order valence-electron chi connectivity index (χ4n) is 1.54. The normalized spacial score (nSPS) is 11.0. The van der Waals surface area contributed by atoms with Crippen molar-refractivity contribution in [2.45, 2.75) is 0 Å². The minimum Gasteiger partial charge on any atom is -0.425 e. The average molecular weight is 265 g/mol. The van der Waals surface area contributed by atoms with E-state index in [9.17, 15) is 0 Å². The van der Waals surface area contributed by atoms with Gasteiger partial charge in [-0.1, -0.05) is 24.3 Å². The van der Waals surface area contributed by atoms with Crippen molar-refractivity contribution < 1.29 is 4.65 Å². The molecule has 0 saturated heterocycles. The maximum absolute atomic E-state index is 6.02. The highest BCUT2D eigenvalue weighted by Gasteiger charge is 2.23. The highest BCUT2D eigenvalue weighted by Crippen LogP contribution is 2.03. The summed E-state index contributed by atoms with van der Waals surface area (Å²) in [5.74, 6) is 0. The quantitative estimate of drug-likeness (QED) is 0.734. The third kappa shape index (κ3) is 3.68. The Hall–Kier alpha value is -0.615. The molecule has 2 heterocycles. The second-order valence-electron chi connectivity index (χ2n) is 4.08. The predicted octanol–water partition coefficient (Wildman–Crippen LogP) is 1.49. The molecule has 17 heavy (non-hydrogen) atoms. The number of nitrogens with zero attached hydrogens (tertiary/aromatic N) is 1. The van der Waals surface area contributed by atoms with Gasteiger partial charge in [-0.25, -0.2) is 0 Å². The molecule has 90 valence electrons. The van der Waals surface area contributed by atoms with E-state index in [0.717, 1.165) is 13.2 Å². The summed E-state index contributed by atoms with van der Waals surface area (Å²) in [7, 11) is 4.13. The molecular formula is C12H16BNOS2. The molecule has 5 heteroatoms. The van der Waals surface area contributed by atoms with Crippen LogP contribution in [0.4, 0.5) is 0 Å². The zero-order valence-electron chi connectivity index (χ0n) is 10.1. The van der Waals surface area contributed by atoms with Crippen LogP contribution < -0.4 is 9.55 Å². The molecule has 0 atom stereocenters. The molecule has 0 saturated carbocycles. The number of rotatable bonds is 6. The Morgan fingerprint density at radius 3 is 2.12 bits per heavy atom. The zero-order valence-corrected chi connectivity index (χ0v) is 11.8. The van der Waals surface area contributed by atoms with Gasteiger partial charge in [-0.05, 0) is 24.9 Å². The number of hydrogen-bond donors (Lipinski definition) is 0. The van der Waals surface area contributed by atoms with Crippen molar-refractivity contribution in [3.05, 3.63) is 35.0 Å². The first-order chi connectivity index (χ1) is 8.27.